The van der Waals surface area contributed by atoms with E-state index in [9.17, 15) is 8.78 Å². The molecule has 6 heteroatoms. The van der Waals surface area contributed by atoms with E-state index in [-0.39, 0.29) is 11.6 Å². The van der Waals surface area contributed by atoms with Crippen LogP contribution in [0.3, 0.4) is 0 Å². The molecule has 4 rings (SSSR count). The molecule has 0 radical (unpaired) electrons. The maximum atomic E-state index is 14.4. The number of fused-ring (bicyclic) bond motifs is 1. The van der Waals surface area contributed by atoms with Crippen LogP contribution in [0.1, 0.15) is 22.3 Å². The molecule has 0 amide bonds. The van der Waals surface area contributed by atoms with Crippen molar-refractivity contribution in [2.24, 2.45) is 4.99 Å². The van der Waals surface area contributed by atoms with E-state index in [1.807, 2.05) is 6.92 Å². The molecular formula is C20H16F2N4. The minimum atomic E-state index is -0.355. The second-order valence-corrected chi connectivity index (χ2v) is 6.31. The van der Waals surface area contributed by atoms with Crippen molar-refractivity contribution in [1.29, 1.82) is 0 Å². The molecule has 0 fully saturated rings. The number of anilines is 2. The van der Waals surface area contributed by atoms with Gasteiger partial charge in [-0.05, 0) is 60.9 Å². The fourth-order valence-corrected chi connectivity index (χ4v) is 2.85. The number of nitrogens with zero attached hydrogens (tertiary/aromatic N) is 3. The molecule has 1 aliphatic rings. The van der Waals surface area contributed by atoms with Gasteiger partial charge < -0.3 is 5.32 Å². The van der Waals surface area contributed by atoms with Crippen molar-refractivity contribution in [3.8, 4) is 11.4 Å². The first-order valence-corrected chi connectivity index (χ1v) is 8.21. The summed E-state index contributed by atoms with van der Waals surface area (Å²) >= 11 is 0. The van der Waals surface area contributed by atoms with E-state index in [0.717, 1.165) is 16.7 Å². The number of aliphatic imine (C=N–C) groups is 1. The number of rotatable bonds is 3. The van der Waals surface area contributed by atoms with Gasteiger partial charge in [0.15, 0.2) is 5.82 Å². The van der Waals surface area contributed by atoms with Crippen molar-refractivity contribution >= 4 is 17.7 Å². The number of nitrogens with one attached hydrogen (secondary N) is 1. The molecule has 0 saturated carbocycles. The second kappa shape index (κ2) is 6.29. The first kappa shape index (κ1) is 16.3. The predicted molar refractivity (Wildman–Crippen MR) is 97.9 cm³/mol. The molecular weight excluding hydrogens is 334 g/mol. The van der Waals surface area contributed by atoms with Crippen molar-refractivity contribution in [2.75, 3.05) is 5.32 Å². The Labute approximate surface area is 149 Å². The maximum absolute atomic E-state index is 14.4. The Balaban J connectivity index is 1.71. The SMILES string of the molecule is Cc1cc(-c2ncc(C)c(Nc3cc4c(cc3F)CN=C4)n2)ccc1F. The van der Waals surface area contributed by atoms with Crippen LogP contribution in [0.15, 0.2) is 41.5 Å². The van der Waals surface area contributed by atoms with Gasteiger partial charge in [-0.25, -0.2) is 18.7 Å². The van der Waals surface area contributed by atoms with Crippen LogP contribution in [0, 0.1) is 25.5 Å². The summed E-state index contributed by atoms with van der Waals surface area (Å²) in [5.41, 5.74) is 4.10. The van der Waals surface area contributed by atoms with Gasteiger partial charge in [-0.1, -0.05) is 0 Å². The highest BCUT2D eigenvalue weighted by Gasteiger charge is 2.14. The first-order chi connectivity index (χ1) is 12.5. The fourth-order valence-electron chi connectivity index (χ4n) is 2.85. The summed E-state index contributed by atoms with van der Waals surface area (Å²) in [6.07, 6.45) is 3.40. The minimum absolute atomic E-state index is 0.277. The Morgan fingerprint density at radius 1 is 1.00 bits per heavy atom. The van der Waals surface area contributed by atoms with Gasteiger partial charge in [-0.3, -0.25) is 4.99 Å². The summed E-state index contributed by atoms with van der Waals surface area (Å²) in [7, 11) is 0. The van der Waals surface area contributed by atoms with E-state index in [0.29, 0.717) is 35.0 Å². The van der Waals surface area contributed by atoms with E-state index in [4.69, 9.17) is 0 Å². The summed E-state index contributed by atoms with van der Waals surface area (Å²) in [5, 5.41) is 3.04. The van der Waals surface area contributed by atoms with E-state index in [1.54, 1.807) is 37.5 Å². The summed E-state index contributed by atoms with van der Waals surface area (Å²) in [4.78, 5) is 13.0. The molecule has 0 atom stereocenters. The Morgan fingerprint density at radius 2 is 1.85 bits per heavy atom. The molecule has 0 spiro atoms. The van der Waals surface area contributed by atoms with Crippen molar-refractivity contribution < 1.29 is 8.78 Å². The normalized spacial score (nSPS) is 12.3. The van der Waals surface area contributed by atoms with E-state index in [2.05, 4.69) is 20.3 Å². The van der Waals surface area contributed by atoms with E-state index in [1.165, 1.54) is 12.1 Å². The number of aryl methyl sites for hydroxylation is 2. The summed E-state index contributed by atoms with van der Waals surface area (Å²) in [6, 6.07) is 7.93. The lowest BCUT2D eigenvalue weighted by Crippen LogP contribution is -2.03. The number of hydrogen-bond donors (Lipinski definition) is 1. The zero-order valence-corrected chi connectivity index (χ0v) is 14.3. The van der Waals surface area contributed by atoms with Crippen molar-refractivity contribution in [1.82, 2.24) is 9.97 Å². The summed E-state index contributed by atoms with van der Waals surface area (Å²) in [5.74, 6) is 0.322. The van der Waals surface area contributed by atoms with Crippen molar-refractivity contribution in [3.05, 3.63) is 70.4 Å². The highest BCUT2D eigenvalue weighted by atomic mass is 19.1. The van der Waals surface area contributed by atoms with Crippen LogP contribution in [0.5, 0.6) is 0 Å². The average molecular weight is 350 g/mol. The van der Waals surface area contributed by atoms with Gasteiger partial charge in [0.2, 0.25) is 0 Å². The third-order valence-corrected chi connectivity index (χ3v) is 4.36. The Hall–Kier alpha value is -3.15. The molecule has 1 aromatic heterocycles. The van der Waals surface area contributed by atoms with E-state index >= 15 is 0 Å². The number of hydrogen-bond acceptors (Lipinski definition) is 4. The third kappa shape index (κ3) is 2.94. The smallest absolute Gasteiger partial charge is 0.161 e. The third-order valence-electron chi connectivity index (χ3n) is 4.36. The fraction of sp³-hybridized carbons (Fsp3) is 0.150. The molecule has 26 heavy (non-hydrogen) atoms. The highest BCUT2D eigenvalue weighted by molar-refractivity contribution is 5.86. The van der Waals surface area contributed by atoms with Gasteiger partial charge in [0, 0.05) is 23.5 Å². The second-order valence-electron chi connectivity index (χ2n) is 6.31. The van der Waals surface area contributed by atoms with Crippen LogP contribution in [0.4, 0.5) is 20.3 Å². The summed E-state index contributed by atoms with van der Waals surface area (Å²) < 4.78 is 27.9. The largest absolute Gasteiger partial charge is 0.337 e. The van der Waals surface area contributed by atoms with Gasteiger partial charge in [0.05, 0.1) is 12.2 Å². The predicted octanol–water partition coefficient (Wildman–Crippen LogP) is 4.71. The van der Waals surface area contributed by atoms with E-state index < -0.39 is 0 Å². The molecule has 0 aliphatic carbocycles. The van der Waals surface area contributed by atoms with Crippen LogP contribution in [0.2, 0.25) is 0 Å². The van der Waals surface area contributed by atoms with Gasteiger partial charge in [0.1, 0.15) is 17.5 Å². The summed E-state index contributed by atoms with van der Waals surface area (Å²) in [6.45, 7) is 4.04. The Bertz CT molecular complexity index is 1040. The standard InChI is InChI=1S/C20H16F2N4/c1-11-5-13(3-4-16(11)21)20-24-8-12(2)19(26-20)25-18-7-15-10-23-9-14(15)6-17(18)22/h3-8,10H,9H2,1-2H3,(H,24,25,26). The minimum Gasteiger partial charge on any atom is -0.337 e. The molecule has 130 valence electrons. The maximum Gasteiger partial charge on any atom is 0.161 e. The lowest BCUT2D eigenvalue weighted by atomic mass is 10.1. The number of benzene rings is 2. The first-order valence-electron chi connectivity index (χ1n) is 8.21. The quantitative estimate of drug-likeness (QED) is 0.744. The van der Waals surface area contributed by atoms with Crippen LogP contribution in [-0.2, 0) is 6.54 Å². The molecule has 1 N–H and O–H groups in total. The molecule has 2 heterocycles. The Kier molecular flexibility index (Phi) is 3.95. The van der Waals surface area contributed by atoms with Crippen molar-refractivity contribution in [3.63, 3.8) is 0 Å². The lowest BCUT2D eigenvalue weighted by Gasteiger charge is -2.12. The van der Waals surface area contributed by atoms with Crippen LogP contribution >= 0.6 is 0 Å². The number of aromatic nitrogens is 2. The van der Waals surface area contributed by atoms with Crippen molar-refractivity contribution in [2.45, 2.75) is 20.4 Å². The molecule has 0 saturated heterocycles. The molecule has 0 unspecified atom stereocenters. The van der Waals surface area contributed by atoms with Gasteiger partial charge in [0.25, 0.3) is 0 Å². The average Bonchev–Trinajstić information content (AvgIpc) is 3.06. The van der Waals surface area contributed by atoms with Gasteiger partial charge in [-0.15, -0.1) is 0 Å². The molecule has 2 aromatic carbocycles. The van der Waals surface area contributed by atoms with Gasteiger partial charge in [-0.2, -0.15) is 0 Å². The molecule has 1 aliphatic heterocycles. The lowest BCUT2D eigenvalue weighted by molar-refractivity contribution is 0.618. The van der Waals surface area contributed by atoms with Gasteiger partial charge >= 0.3 is 0 Å². The Morgan fingerprint density at radius 3 is 2.65 bits per heavy atom. The van der Waals surface area contributed by atoms with Crippen LogP contribution < -0.4 is 5.32 Å². The zero-order chi connectivity index (χ0) is 18.3. The molecule has 0 bridgehead atoms. The molecule has 4 nitrogen and oxygen atoms in total. The van der Waals surface area contributed by atoms with Crippen LogP contribution in [-0.4, -0.2) is 16.2 Å². The van der Waals surface area contributed by atoms with Crippen LogP contribution in [0.25, 0.3) is 11.4 Å². The topological polar surface area (TPSA) is 50.2 Å². The zero-order valence-electron chi connectivity index (χ0n) is 14.3. The molecule has 3 aromatic rings. The highest BCUT2D eigenvalue weighted by Crippen LogP contribution is 2.28. The monoisotopic (exact) mass is 350 g/mol. The number of halogens is 2.